The minimum absolute atomic E-state index is 0.272. The van der Waals surface area contributed by atoms with Crippen molar-refractivity contribution in [2.75, 3.05) is 6.61 Å². The first-order valence-corrected chi connectivity index (χ1v) is 7.58. The van der Waals surface area contributed by atoms with Crippen LogP contribution < -0.4 is 5.32 Å². The van der Waals surface area contributed by atoms with E-state index in [9.17, 15) is 5.11 Å². The molecule has 0 spiro atoms. The van der Waals surface area contributed by atoms with Crippen molar-refractivity contribution in [1.82, 2.24) is 10.3 Å². The van der Waals surface area contributed by atoms with Gasteiger partial charge in [-0.15, -0.1) is 0 Å². The van der Waals surface area contributed by atoms with Gasteiger partial charge in [-0.25, -0.2) is 0 Å². The van der Waals surface area contributed by atoms with Gasteiger partial charge in [0.15, 0.2) is 0 Å². The van der Waals surface area contributed by atoms with Crippen LogP contribution in [0.3, 0.4) is 0 Å². The van der Waals surface area contributed by atoms with Gasteiger partial charge in [0.1, 0.15) is 0 Å². The van der Waals surface area contributed by atoms with Gasteiger partial charge in [-0.3, -0.25) is 4.98 Å². The Labute approximate surface area is 116 Å². The molecule has 0 aromatic carbocycles. The zero-order valence-corrected chi connectivity index (χ0v) is 11.9. The van der Waals surface area contributed by atoms with Crippen molar-refractivity contribution in [1.29, 1.82) is 0 Å². The summed E-state index contributed by atoms with van der Waals surface area (Å²) in [4.78, 5) is 4.18. The van der Waals surface area contributed by atoms with Crippen LogP contribution in [0.4, 0.5) is 0 Å². The lowest BCUT2D eigenvalue weighted by molar-refractivity contribution is 0.198. The van der Waals surface area contributed by atoms with Crippen molar-refractivity contribution in [2.24, 2.45) is 5.92 Å². The molecule has 1 aliphatic rings. The summed E-state index contributed by atoms with van der Waals surface area (Å²) in [5.41, 5.74) is 1.22. The number of rotatable bonds is 6. The highest BCUT2D eigenvalue weighted by Gasteiger charge is 2.24. The van der Waals surface area contributed by atoms with Crippen molar-refractivity contribution in [2.45, 2.75) is 57.5 Å². The Hall–Kier alpha value is -0.930. The summed E-state index contributed by atoms with van der Waals surface area (Å²) < 4.78 is 0. The molecule has 2 unspecified atom stereocenters. The lowest BCUT2D eigenvalue weighted by Crippen LogP contribution is -2.39. The smallest absolute Gasteiger partial charge is 0.0445 e. The molecule has 0 saturated heterocycles. The van der Waals surface area contributed by atoms with Gasteiger partial charge < -0.3 is 10.4 Å². The number of nitrogens with zero attached hydrogens (tertiary/aromatic N) is 1. The van der Waals surface area contributed by atoms with E-state index >= 15 is 0 Å². The van der Waals surface area contributed by atoms with Gasteiger partial charge >= 0.3 is 0 Å². The van der Waals surface area contributed by atoms with E-state index in [0.29, 0.717) is 12.1 Å². The molecule has 3 nitrogen and oxygen atoms in total. The number of pyridine rings is 1. The Morgan fingerprint density at radius 1 is 1.37 bits per heavy atom. The van der Waals surface area contributed by atoms with Crippen LogP contribution in [0.25, 0.3) is 0 Å². The molecule has 1 saturated carbocycles. The van der Waals surface area contributed by atoms with Gasteiger partial charge in [0, 0.05) is 31.1 Å². The largest absolute Gasteiger partial charge is 0.396 e. The Morgan fingerprint density at radius 2 is 2.16 bits per heavy atom. The van der Waals surface area contributed by atoms with Crippen molar-refractivity contribution >= 4 is 0 Å². The molecule has 1 aromatic heterocycles. The first-order chi connectivity index (χ1) is 9.31. The Bertz CT molecular complexity index is 349. The maximum Gasteiger partial charge on any atom is 0.0445 e. The second-order valence-electron chi connectivity index (χ2n) is 5.69. The minimum Gasteiger partial charge on any atom is -0.396 e. The maximum atomic E-state index is 9.30. The molecule has 0 bridgehead atoms. The summed E-state index contributed by atoms with van der Waals surface area (Å²) in [6.45, 7) is 2.46. The van der Waals surface area contributed by atoms with E-state index in [1.165, 1.54) is 37.7 Å². The second-order valence-corrected chi connectivity index (χ2v) is 5.69. The third-order valence-corrected chi connectivity index (χ3v) is 4.31. The fourth-order valence-electron chi connectivity index (χ4n) is 3.18. The van der Waals surface area contributed by atoms with Gasteiger partial charge in [-0.2, -0.15) is 0 Å². The van der Waals surface area contributed by atoms with Gasteiger partial charge in [0.25, 0.3) is 0 Å². The normalized spacial score (nSPS) is 20.1. The molecule has 0 aliphatic heterocycles. The summed E-state index contributed by atoms with van der Waals surface area (Å²) in [5.74, 6) is 0.722. The van der Waals surface area contributed by atoms with Gasteiger partial charge in [0.05, 0.1) is 0 Å². The molecule has 19 heavy (non-hydrogen) atoms. The quantitative estimate of drug-likeness (QED) is 0.828. The Morgan fingerprint density at radius 3 is 2.79 bits per heavy atom. The van der Waals surface area contributed by atoms with Crippen LogP contribution in [0.15, 0.2) is 24.5 Å². The van der Waals surface area contributed by atoms with Gasteiger partial charge in [0.2, 0.25) is 0 Å². The molecule has 0 amide bonds. The van der Waals surface area contributed by atoms with Crippen molar-refractivity contribution < 1.29 is 5.11 Å². The zero-order valence-electron chi connectivity index (χ0n) is 11.9. The molecule has 2 rings (SSSR count). The molecular formula is C16H26N2O. The average molecular weight is 262 g/mol. The molecule has 2 N–H and O–H groups in total. The molecule has 2 atom stereocenters. The highest BCUT2D eigenvalue weighted by atomic mass is 16.3. The number of hydrogen-bond donors (Lipinski definition) is 2. The summed E-state index contributed by atoms with van der Waals surface area (Å²) in [6, 6.07) is 4.82. The second kappa shape index (κ2) is 7.61. The van der Waals surface area contributed by atoms with E-state index in [0.717, 1.165) is 12.3 Å². The molecule has 1 fully saturated rings. The summed E-state index contributed by atoms with van der Waals surface area (Å²) in [5, 5.41) is 13.0. The van der Waals surface area contributed by atoms with E-state index in [-0.39, 0.29) is 6.61 Å². The average Bonchev–Trinajstić information content (AvgIpc) is 2.48. The predicted molar refractivity (Wildman–Crippen MR) is 77.9 cm³/mol. The lowest BCUT2D eigenvalue weighted by Gasteiger charge is -2.33. The van der Waals surface area contributed by atoms with Crippen molar-refractivity contribution in [3.05, 3.63) is 30.1 Å². The molecular weight excluding hydrogens is 236 g/mol. The predicted octanol–water partition coefficient (Wildman–Crippen LogP) is 3.06. The third-order valence-electron chi connectivity index (χ3n) is 4.31. The lowest BCUT2D eigenvalue weighted by atomic mass is 9.82. The highest BCUT2D eigenvalue weighted by Crippen LogP contribution is 2.29. The molecule has 1 heterocycles. The number of nitrogens with one attached hydrogen (secondary N) is 1. The minimum atomic E-state index is 0.272. The Kier molecular flexibility index (Phi) is 5.80. The molecule has 1 aromatic rings. The molecule has 0 radical (unpaired) electrons. The van der Waals surface area contributed by atoms with Crippen LogP contribution in [0, 0.1) is 5.92 Å². The van der Waals surface area contributed by atoms with Crippen LogP contribution in [0.5, 0.6) is 0 Å². The first-order valence-electron chi connectivity index (χ1n) is 7.58. The fraction of sp³-hybridized carbons (Fsp3) is 0.688. The fourth-order valence-corrected chi connectivity index (χ4v) is 3.18. The van der Waals surface area contributed by atoms with E-state index < -0.39 is 0 Å². The summed E-state index contributed by atoms with van der Waals surface area (Å²) in [6.07, 6.45) is 11.3. The first kappa shape index (κ1) is 14.5. The molecule has 1 aliphatic carbocycles. The van der Waals surface area contributed by atoms with Crippen LogP contribution >= 0.6 is 0 Å². The van der Waals surface area contributed by atoms with E-state index in [1.54, 1.807) is 0 Å². The maximum absolute atomic E-state index is 9.30. The van der Waals surface area contributed by atoms with Gasteiger partial charge in [-0.1, -0.05) is 25.3 Å². The molecule has 106 valence electrons. The van der Waals surface area contributed by atoms with Crippen LogP contribution in [-0.2, 0) is 0 Å². The summed E-state index contributed by atoms with van der Waals surface area (Å²) in [7, 11) is 0. The number of aliphatic hydroxyl groups excluding tert-OH is 1. The van der Waals surface area contributed by atoms with E-state index in [2.05, 4.69) is 23.3 Å². The highest BCUT2D eigenvalue weighted by molar-refractivity contribution is 5.13. The van der Waals surface area contributed by atoms with E-state index in [1.807, 2.05) is 18.5 Å². The number of aromatic nitrogens is 1. The number of hydrogen-bond acceptors (Lipinski definition) is 3. The zero-order chi connectivity index (χ0) is 13.5. The van der Waals surface area contributed by atoms with Crippen molar-refractivity contribution in [3.8, 4) is 0 Å². The van der Waals surface area contributed by atoms with E-state index in [4.69, 9.17) is 0 Å². The standard InChI is InChI=1S/C16H26N2O/c1-13(15-8-5-10-17-12-15)18-16(9-11-19)14-6-3-2-4-7-14/h5,8,10,12-14,16,18-19H,2-4,6-7,9,11H2,1H3. The van der Waals surface area contributed by atoms with Crippen LogP contribution in [-0.4, -0.2) is 22.7 Å². The van der Waals surface area contributed by atoms with Crippen LogP contribution in [0.1, 0.15) is 57.1 Å². The monoisotopic (exact) mass is 262 g/mol. The van der Waals surface area contributed by atoms with Crippen molar-refractivity contribution in [3.63, 3.8) is 0 Å². The third kappa shape index (κ3) is 4.29. The SMILES string of the molecule is CC(NC(CCO)C1CCCCC1)c1cccnc1. The Balaban J connectivity index is 1.95. The van der Waals surface area contributed by atoms with Crippen LogP contribution in [0.2, 0.25) is 0 Å². The molecule has 3 heteroatoms. The number of aliphatic hydroxyl groups is 1. The topological polar surface area (TPSA) is 45.1 Å². The van der Waals surface area contributed by atoms with Gasteiger partial charge in [-0.05, 0) is 43.7 Å². The summed E-state index contributed by atoms with van der Waals surface area (Å²) >= 11 is 0.